The number of benzene rings is 2. The largest absolute Gasteiger partial charge is 0.381 e. The molecule has 22 heavy (non-hydrogen) atoms. The van der Waals surface area contributed by atoms with E-state index < -0.39 is 0 Å². The molecule has 0 aliphatic rings. The molecule has 2 aromatic rings. The first kappa shape index (κ1) is 16.6. The van der Waals surface area contributed by atoms with E-state index in [9.17, 15) is 4.79 Å². The van der Waals surface area contributed by atoms with Crippen molar-refractivity contribution in [3.63, 3.8) is 0 Å². The summed E-state index contributed by atoms with van der Waals surface area (Å²) in [6, 6.07) is 15.7. The Hall–Kier alpha value is -1.81. The van der Waals surface area contributed by atoms with Gasteiger partial charge >= 0.3 is 0 Å². The molecule has 1 amide bonds. The third-order valence-corrected chi connectivity index (χ3v) is 3.67. The summed E-state index contributed by atoms with van der Waals surface area (Å²) in [5.41, 5.74) is 2.81. The lowest BCUT2D eigenvalue weighted by molar-refractivity contribution is 0.0949. The maximum absolute atomic E-state index is 12.1. The van der Waals surface area contributed by atoms with E-state index in [1.54, 1.807) is 0 Å². The van der Waals surface area contributed by atoms with Crippen molar-refractivity contribution in [1.82, 2.24) is 5.32 Å². The van der Waals surface area contributed by atoms with Crippen LogP contribution in [-0.4, -0.2) is 12.5 Å². The molecule has 2 rings (SSSR count). The maximum Gasteiger partial charge on any atom is 0.251 e. The molecule has 2 aromatic carbocycles. The third kappa shape index (κ3) is 5.19. The van der Waals surface area contributed by atoms with E-state index in [-0.39, 0.29) is 5.91 Å². The Balaban J connectivity index is 1.97. The third-order valence-electron chi connectivity index (χ3n) is 3.18. The molecule has 0 spiro atoms. The van der Waals surface area contributed by atoms with Crippen LogP contribution in [0, 0.1) is 5.92 Å². The van der Waals surface area contributed by atoms with E-state index in [4.69, 9.17) is 0 Å². The fraction of sp³-hybridized carbons (Fsp3) is 0.278. The minimum atomic E-state index is -0.0280. The molecule has 0 heterocycles. The second-order valence-corrected chi connectivity index (χ2v) is 6.58. The Morgan fingerprint density at radius 3 is 2.64 bits per heavy atom. The van der Waals surface area contributed by atoms with Crippen molar-refractivity contribution in [2.75, 3.05) is 11.9 Å². The smallest absolute Gasteiger partial charge is 0.251 e. The van der Waals surface area contributed by atoms with Gasteiger partial charge < -0.3 is 10.6 Å². The number of hydrogen-bond acceptors (Lipinski definition) is 2. The summed E-state index contributed by atoms with van der Waals surface area (Å²) >= 11 is 3.47. The summed E-state index contributed by atoms with van der Waals surface area (Å²) in [5.74, 6) is 0.418. The molecule has 0 saturated carbocycles. The van der Waals surface area contributed by atoms with Crippen molar-refractivity contribution in [1.29, 1.82) is 0 Å². The van der Waals surface area contributed by atoms with E-state index in [2.05, 4.69) is 52.5 Å². The highest BCUT2D eigenvalue weighted by atomic mass is 79.9. The minimum absolute atomic E-state index is 0.0280. The van der Waals surface area contributed by atoms with E-state index in [0.717, 1.165) is 16.7 Å². The van der Waals surface area contributed by atoms with Gasteiger partial charge in [0, 0.05) is 28.8 Å². The second kappa shape index (κ2) is 7.99. The Labute approximate surface area is 140 Å². The molecule has 0 fully saturated rings. The van der Waals surface area contributed by atoms with Crippen molar-refractivity contribution >= 4 is 27.5 Å². The zero-order chi connectivity index (χ0) is 15.9. The van der Waals surface area contributed by atoms with Crippen molar-refractivity contribution in [2.45, 2.75) is 20.4 Å². The Morgan fingerprint density at radius 1 is 1.14 bits per heavy atom. The van der Waals surface area contributed by atoms with Crippen LogP contribution in [0.4, 0.5) is 5.69 Å². The molecule has 0 aliphatic heterocycles. The van der Waals surface area contributed by atoms with Crippen molar-refractivity contribution in [3.8, 4) is 0 Å². The van der Waals surface area contributed by atoms with E-state index in [1.807, 2.05) is 36.4 Å². The quantitative estimate of drug-likeness (QED) is 0.798. The normalized spacial score (nSPS) is 10.5. The summed E-state index contributed by atoms with van der Waals surface area (Å²) < 4.78 is 1.06. The van der Waals surface area contributed by atoms with E-state index in [1.165, 1.54) is 5.56 Å². The number of halogens is 1. The predicted molar refractivity (Wildman–Crippen MR) is 95.1 cm³/mol. The zero-order valence-electron chi connectivity index (χ0n) is 12.9. The predicted octanol–water partition coefficient (Wildman–Crippen LogP) is 4.45. The number of anilines is 1. The molecule has 0 unspecified atom stereocenters. The van der Waals surface area contributed by atoms with Crippen LogP contribution in [-0.2, 0) is 6.54 Å². The molecular formula is C18H21BrN2O. The van der Waals surface area contributed by atoms with Gasteiger partial charge in [-0.15, -0.1) is 0 Å². The number of amides is 1. The molecule has 0 aromatic heterocycles. The molecule has 3 nitrogen and oxygen atoms in total. The standard InChI is InChI=1S/C18H21BrN2O/c1-13(2)11-21-18(22)15-6-4-8-17(10-15)20-12-14-5-3-7-16(19)9-14/h3-10,13,20H,11-12H2,1-2H3,(H,21,22). The highest BCUT2D eigenvalue weighted by Gasteiger charge is 2.06. The highest BCUT2D eigenvalue weighted by molar-refractivity contribution is 9.10. The summed E-state index contributed by atoms with van der Waals surface area (Å²) in [7, 11) is 0. The first-order valence-corrected chi connectivity index (χ1v) is 8.20. The number of carbonyl (C=O) groups is 1. The van der Waals surface area contributed by atoms with Crippen molar-refractivity contribution in [3.05, 3.63) is 64.1 Å². The second-order valence-electron chi connectivity index (χ2n) is 5.67. The molecule has 4 heteroatoms. The van der Waals surface area contributed by atoms with E-state index in [0.29, 0.717) is 18.0 Å². The lowest BCUT2D eigenvalue weighted by atomic mass is 10.1. The van der Waals surface area contributed by atoms with E-state index >= 15 is 0 Å². The van der Waals surface area contributed by atoms with Gasteiger partial charge in [-0.1, -0.05) is 48.0 Å². The van der Waals surface area contributed by atoms with Gasteiger partial charge in [0.05, 0.1) is 0 Å². The van der Waals surface area contributed by atoms with Crippen LogP contribution in [0.5, 0.6) is 0 Å². The molecule has 0 bridgehead atoms. The summed E-state index contributed by atoms with van der Waals surface area (Å²) in [6.45, 7) is 5.57. The van der Waals surface area contributed by atoms with Crippen molar-refractivity contribution in [2.24, 2.45) is 5.92 Å². The van der Waals surface area contributed by atoms with Crippen LogP contribution in [0.15, 0.2) is 53.0 Å². The fourth-order valence-corrected chi connectivity index (χ4v) is 2.47. The van der Waals surface area contributed by atoms with Crippen LogP contribution in [0.3, 0.4) is 0 Å². The molecule has 0 aliphatic carbocycles. The average Bonchev–Trinajstić information content (AvgIpc) is 2.51. The van der Waals surface area contributed by atoms with Gasteiger partial charge in [0.2, 0.25) is 0 Å². The van der Waals surface area contributed by atoms with Crippen LogP contribution in [0.2, 0.25) is 0 Å². The Kier molecular flexibility index (Phi) is 6.01. The van der Waals surface area contributed by atoms with Gasteiger partial charge in [-0.25, -0.2) is 0 Å². The van der Waals surface area contributed by atoms with Gasteiger partial charge in [-0.3, -0.25) is 4.79 Å². The molecule has 0 saturated heterocycles. The van der Waals surface area contributed by atoms with Crippen LogP contribution < -0.4 is 10.6 Å². The number of hydrogen-bond donors (Lipinski definition) is 2. The lowest BCUT2D eigenvalue weighted by Gasteiger charge is -2.10. The van der Waals surface area contributed by atoms with Crippen molar-refractivity contribution < 1.29 is 4.79 Å². The fourth-order valence-electron chi connectivity index (χ4n) is 2.02. The monoisotopic (exact) mass is 360 g/mol. The van der Waals surface area contributed by atoms with Crippen LogP contribution >= 0.6 is 15.9 Å². The first-order chi connectivity index (χ1) is 10.5. The molecule has 0 atom stereocenters. The SMILES string of the molecule is CC(C)CNC(=O)c1cccc(NCc2cccc(Br)c2)c1. The molecule has 2 N–H and O–H groups in total. The van der Waals surface area contributed by atoms with Gasteiger partial charge in [0.25, 0.3) is 5.91 Å². The number of nitrogens with one attached hydrogen (secondary N) is 2. The topological polar surface area (TPSA) is 41.1 Å². The summed E-state index contributed by atoms with van der Waals surface area (Å²) in [6.07, 6.45) is 0. The van der Waals surface area contributed by atoms with Gasteiger partial charge in [0.15, 0.2) is 0 Å². The van der Waals surface area contributed by atoms with Crippen LogP contribution in [0.1, 0.15) is 29.8 Å². The molecular weight excluding hydrogens is 340 g/mol. The summed E-state index contributed by atoms with van der Waals surface area (Å²) in [5, 5.41) is 6.28. The van der Waals surface area contributed by atoms with Crippen LogP contribution in [0.25, 0.3) is 0 Å². The number of rotatable bonds is 6. The zero-order valence-corrected chi connectivity index (χ0v) is 14.5. The Morgan fingerprint density at radius 2 is 1.91 bits per heavy atom. The molecule has 0 radical (unpaired) electrons. The molecule has 116 valence electrons. The average molecular weight is 361 g/mol. The van der Waals surface area contributed by atoms with Gasteiger partial charge in [0.1, 0.15) is 0 Å². The minimum Gasteiger partial charge on any atom is -0.381 e. The number of carbonyl (C=O) groups excluding carboxylic acids is 1. The first-order valence-electron chi connectivity index (χ1n) is 7.41. The summed E-state index contributed by atoms with van der Waals surface area (Å²) in [4.78, 5) is 12.1. The Bertz CT molecular complexity index is 640. The van der Waals surface area contributed by atoms with Gasteiger partial charge in [-0.05, 0) is 41.8 Å². The highest BCUT2D eigenvalue weighted by Crippen LogP contribution is 2.15. The lowest BCUT2D eigenvalue weighted by Crippen LogP contribution is -2.27. The maximum atomic E-state index is 12.1. The van der Waals surface area contributed by atoms with Gasteiger partial charge in [-0.2, -0.15) is 0 Å².